The summed E-state index contributed by atoms with van der Waals surface area (Å²) >= 11 is 3.28. The second-order valence-corrected chi connectivity index (χ2v) is 18.5. The number of rotatable bonds is 6. The highest BCUT2D eigenvalue weighted by Crippen LogP contribution is 2.74. The van der Waals surface area contributed by atoms with E-state index in [4.69, 9.17) is 9.47 Å². The molecule has 2 heterocycles. The molecule has 9 heteroatoms. The topological polar surface area (TPSA) is 110 Å². The molecule has 0 amide bonds. The molecular weight excluding hydrogens is 681 g/mol. The fourth-order valence-electron chi connectivity index (χ4n) is 12.1. The van der Waals surface area contributed by atoms with Gasteiger partial charge in [0.15, 0.2) is 0 Å². The van der Waals surface area contributed by atoms with Crippen molar-refractivity contribution in [2.45, 2.75) is 84.6 Å². The summed E-state index contributed by atoms with van der Waals surface area (Å²) in [5.41, 5.74) is -2.85. The lowest BCUT2D eigenvalue weighted by atomic mass is 9.59. The van der Waals surface area contributed by atoms with Crippen LogP contribution in [0, 0.1) is 52.8 Å². The van der Waals surface area contributed by atoms with Crippen molar-refractivity contribution < 1.29 is 34.1 Å². The summed E-state index contributed by atoms with van der Waals surface area (Å²) in [6.07, 6.45) is 2.61. The minimum atomic E-state index is -1.79. The number of fused-ring (bicyclic) bond motifs is 10. The van der Waals surface area contributed by atoms with Crippen LogP contribution in [-0.4, -0.2) is 62.9 Å². The minimum Gasteiger partial charge on any atom is -0.461 e. The maximum Gasteiger partial charge on any atom is 0.310 e. The first kappa shape index (κ1) is 34.0. The number of carbonyl (C=O) groups excluding carboxylic acids is 3. The van der Waals surface area contributed by atoms with Crippen LogP contribution in [0.25, 0.3) is 0 Å². The number of thioether (sulfide) groups is 2. The molecule has 5 aliphatic carbocycles. The number of allylic oxidation sites excluding steroid dienone is 2. The lowest BCUT2D eigenvalue weighted by Gasteiger charge is -2.48. The van der Waals surface area contributed by atoms with E-state index in [1.807, 2.05) is 60.7 Å². The molecule has 2 saturated heterocycles. The van der Waals surface area contributed by atoms with E-state index >= 15 is 0 Å². The summed E-state index contributed by atoms with van der Waals surface area (Å²) in [7, 11) is 0. The Hall–Kier alpha value is -2.85. The van der Waals surface area contributed by atoms with Gasteiger partial charge in [-0.1, -0.05) is 60.7 Å². The lowest BCUT2D eigenvalue weighted by Crippen LogP contribution is -2.63. The van der Waals surface area contributed by atoms with Crippen molar-refractivity contribution in [3.05, 3.63) is 85.0 Å². The molecule has 7 aliphatic rings. The number of benzene rings is 2. The number of ketones is 1. The summed E-state index contributed by atoms with van der Waals surface area (Å²) in [6.45, 7) is 8.97. The molecule has 0 aromatic heterocycles. The summed E-state index contributed by atoms with van der Waals surface area (Å²) in [5.74, 6) is -1.92. The van der Waals surface area contributed by atoms with Gasteiger partial charge in [0.2, 0.25) is 0 Å². The summed E-state index contributed by atoms with van der Waals surface area (Å²) in [4.78, 5) is 44.2. The lowest BCUT2D eigenvalue weighted by molar-refractivity contribution is -0.205. The zero-order chi connectivity index (χ0) is 35.3. The van der Waals surface area contributed by atoms with Crippen molar-refractivity contribution in [1.29, 1.82) is 0 Å². The third-order valence-electron chi connectivity index (χ3n) is 14.4. The monoisotopic (exact) mass is 726 g/mol. The molecule has 1 spiro atoms. The molecule has 9 rings (SSSR count). The van der Waals surface area contributed by atoms with Gasteiger partial charge in [0.05, 0.1) is 17.3 Å². The smallest absolute Gasteiger partial charge is 0.310 e. The molecule has 7 fully saturated rings. The van der Waals surface area contributed by atoms with Gasteiger partial charge in [-0.05, 0) is 81.0 Å². The second-order valence-electron chi connectivity index (χ2n) is 16.3. The van der Waals surface area contributed by atoms with Crippen LogP contribution in [-0.2, 0) is 23.9 Å². The number of Topliss-reactive ketones (excluding diaryl/α,β-unsaturated/α-hetero) is 1. The summed E-state index contributed by atoms with van der Waals surface area (Å²) < 4.78 is 12.6. The Labute approximate surface area is 308 Å². The number of hydrogen-bond acceptors (Lipinski definition) is 9. The zero-order valence-corrected chi connectivity index (χ0v) is 30.4. The van der Waals surface area contributed by atoms with Gasteiger partial charge in [-0.2, -0.15) is 0 Å². The van der Waals surface area contributed by atoms with E-state index in [0.717, 1.165) is 33.8 Å². The number of hydrogen-bond donors (Lipinski definition) is 2. The van der Waals surface area contributed by atoms with Crippen molar-refractivity contribution in [3.8, 4) is 0 Å². The Morgan fingerprint density at radius 3 is 1.76 bits per heavy atom. The first-order valence-electron chi connectivity index (χ1n) is 18.7. The molecule has 51 heavy (non-hydrogen) atoms. The van der Waals surface area contributed by atoms with E-state index in [1.165, 1.54) is 0 Å². The van der Waals surface area contributed by atoms with E-state index in [0.29, 0.717) is 30.8 Å². The van der Waals surface area contributed by atoms with Crippen molar-refractivity contribution in [2.75, 3.05) is 11.5 Å². The highest BCUT2D eigenvalue weighted by molar-refractivity contribution is 7.99. The number of aliphatic hydroxyl groups is 2. The van der Waals surface area contributed by atoms with Crippen LogP contribution in [0.2, 0.25) is 0 Å². The zero-order valence-electron chi connectivity index (χ0n) is 28.8. The quantitative estimate of drug-likeness (QED) is 0.192. The van der Waals surface area contributed by atoms with E-state index in [-0.39, 0.29) is 72.5 Å². The average molecular weight is 727 g/mol. The SMILES string of the molecule is C=C1CC[C@H]2C(CSc3ccccc3)C(=O)O[C@@H]2[C@@H]2C1CC(=O)[C@]21CC[C@]2(O)[C@@H]3[C@H]4OC(=O)C(CSc5ccccc5)[C@@H]4CCC(=C)[C@@H]3C[C@@]21O. The van der Waals surface area contributed by atoms with Crippen molar-refractivity contribution in [3.63, 3.8) is 0 Å². The normalized spacial score (nSPS) is 43.9. The van der Waals surface area contributed by atoms with E-state index < -0.39 is 40.7 Å². The molecule has 2 aromatic rings. The predicted molar refractivity (Wildman–Crippen MR) is 195 cm³/mol. The van der Waals surface area contributed by atoms with Gasteiger partial charge in [0, 0.05) is 51.4 Å². The third-order valence-corrected chi connectivity index (χ3v) is 16.7. The van der Waals surface area contributed by atoms with Crippen molar-refractivity contribution in [2.24, 2.45) is 52.8 Å². The molecule has 7 nitrogen and oxygen atoms in total. The molecule has 5 saturated carbocycles. The molecule has 2 aromatic carbocycles. The van der Waals surface area contributed by atoms with Crippen LogP contribution in [0.15, 0.2) is 94.8 Å². The third kappa shape index (κ3) is 4.82. The molecule has 3 unspecified atom stereocenters. The van der Waals surface area contributed by atoms with Gasteiger partial charge < -0.3 is 19.7 Å². The Balaban J connectivity index is 1.05. The van der Waals surface area contributed by atoms with E-state index in [2.05, 4.69) is 13.2 Å². The van der Waals surface area contributed by atoms with E-state index in [1.54, 1.807) is 23.5 Å². The highest BCUT2D eigenvalue weighted by atomic mass is 32.2. The van der Waals surface area contributed by atoms with Gasteiger partial charge in [0.25, 0.3) is 0 Å². The molecule has 2 N–H and O–H groups in total. The Morgan fingerprint density at radius 1 is 0.706 bits per heavy atom. The summed E-state index contributed by atoms with van der Waals surface area (Å²) in [6, 6.07) is 20.1. The molecule has 13 atom stereocenters. The van der Waals surface area contributed by atoms with Crippen LogP contribution in [0.1, 0.15) is 51.4 Å². The number of esters is 2. The average Bonchev–Trinajstić information content (AvgIpc) is 3.80. The molecule has 0 bridgehead atoms. The van der Waals surface area contributed by atoms with Gasteiger partial charge in [-0.25, -0.2) is 0 Å². The van der Waals surface area contributed by atoms with Gasteiger partial charge in [-0.15, -0.1) is 23.5 Å². The molecule has 0 radical (unpaired) electrons. The molecular formula is C42H46O7S2. The maximum absolute atomic E-state index is 14.7. The Kier molecular flexibility index (Phi) is 8.23. The van der Waals surface area contributed by atoms with Crippen LogP contribution in [0.4, 0.5) is 0 Å². The van der Waals surface area contributed by atoms with E-state index in [9.17, 15) is 24.6 Å². The second kappa shape index (κ2) is 12.4. The van der Waals surface area contributed by atoms with Gasteiger partial charge in [-0.3, -0.25) is 14.4 Å². The maximum atomic E-state index is 14.7. The van der Waals surface area contributed by atoms with Crippen LogP contribution >= 0.6 is 23.5 Å². The fraction of sp³-hybridized carbons (Fsp3) is 0.548. The van der Waals surface area contributed by atoms with Crippen molar-refractivity contribution in [1.82, 2.24) is 0 Å². The minimum absolute atomic E-state index is 0.0601. The van der Waals surface area contributed by atoms with Crippen LogP contribution < -0.4 is 0 Å². The Morgan fingerprint density at radius 2 is 1.22 bits per heavy atom. The van der Waals surface area contributed by atoms with Crippen LogP contribution in [0.3, 0.4) is 0 Å². The molecule has 2 aliphatic heterocycles. The largest absolute Gasteiger partial charge is 0.461 e. The fourth-order valence-corrected chi connectivity index (χ4v) is 14.3. The van der Waals surface area contributed by atoms with Crippen LogP contribution in [0.5, 0.6) is 0 Å². The van der Waals surface area contributed by atoms with Gasteiger partial charge >= 0.3 is 11.9 Å². The molecule has 268 valence electrons. The Bertz CT molecular complexity index is 1780. The standard InChI is InChI=1S/C42H46O7S2/c1-23-13-15-27-31(21-50-25-9-5-3-6-10-25)38(44)48-36(27)34-29(23)19-33(43)40(34)17-18-41(46)35-30(20-42(40,41)47)24(2)14-16-28-32(39(45)49-37(28)35)22-51-26-11-7-4-8-12-26/h3-12,27-32,34-37,46-47H,1-2,13-22H2/t27-,28-,29?,30-,31?,32?,34-,35-,36-,37-,40+,41-,42-/m0/s1. The summed E-state index contributed by atoms with van der Waals surface area (Å²) in [5, 5.41) is 26.5. The number of carbonyl (C=O) groups is 3. The first-order valence-corrected chi connectivity index (χ1v) is 20.6. The highest BCUT2D eigenvalue weighted by Gasteiger charge is 2.83. The van der Waals surface area contributed by atoms with Crippen molar-refractivity contribution >= 4 is 41.2 Å². The first-order chi connectivity index (χ1) is 24.6. The predicted octanol–water partition coefficient (Wildman–Crippen LogP) is 6.67. The van der Waals surface area contributed by atoms with Gasteiger partial charge in [0.1, 0.15) is 29.2 Å². The number of ether oxygens (including phenoxy) is 2.